The number of carbonyl (C=O) groups excluding carboxylic acids is 1. The van der Waals surface area contributed by atoms with Crippen LogP contribution >= 0.6 is 0 Å². The van der Waals surface area contributed by atoms with Crippen LogP contribution in [0.25, 0.3) is 0 Å². The van der Waals surface area contributed by atoms with Crippen LogP contribution in [-0.2, 0) is 4.79 Å². The Morgan fingerprint density at radius 2 is 1.33 bits per heavy atom. The van der Waals surface area contributed by atoms with E-state index in [1.165, 1.54) is 41.3 Å². The molecule has 8 heteroatoms. The molecule has 0 aliphatic carbocycles. The van der Waals surface area contributed by atoms with Crippen molar-refractivity contribution in [2.75, 3.05) is 14.1 Å². The summed E-state index contributed by atoms with van der Waals surface area (Å²) >= 11 is 0. The van der Waals surface area contributed by atoms with Crippen molar-refractivity contribution in [1.29, 1.82) is 0 Å². The van der Waals surface area contributed by atoms with Gasteiger partial charge in [-0.1, -0.05) is 24.3 Å². The van der Waals surface area contributed by atoms with Gasteiger partial charge < -0.3 is 4.90 Å². The smallest absolute Gasteiger partial charge is 0.269 e. The number of hydrogen-bond acceptors (Lipinski definition) is 5. The van der Waals surface area contributed by atoms with Crippen molar-refractivity contribution in [3.05, 3.63) is 79.9 Å². The zero-order valence-corrected chi connectivity index (χ0v) is 13.1. The van der Waals surface area contributed by atoms with E-state index in [0.29, 0.717) is 11.1 Å². The molecule has 0 unspecified atom stereocenters. The van der Waals surface area contributed by atoms with Gasteiger partial charge in [0.1, 0.15) is 0 Å². The topological polar surface area (TPSA) is 107 Å². The Kier molecular flexibility index (Phi) is 4.88. The van der Waals surface area contributed by atoms with E-state index < -0.39 is 15.8 Å². The summed E-state index contributed by atoms with van der Waals surface area (Å²) in [6.45, 7) is 0. The van der Waals surface area contributed by atoms with Gasteiger partial charge in [-0.25, -0.2) is 0 Å². The highest BCUT2D eigenvalue weighted by Gasteiger charge is 2.27. The molecular weight excluding hydrogens is 314 g/mol. The van der Waals surface area contributed by atoms with Crippen LogP contribution in [0.5, 0.6) is 0 Å². The molecule has 0 radical (unpaired) electrons. The SMILES string of the molecule is CN(C)C(=O)C(c1cccc([N+](=O)[O-])c1)c1cccc([N+](=O)[O-])c1. The van der Waals surface area contributed by atoms with Gasteiger partial charge in [0.05, 0.1) is 15.8 Å². The molecule has 2 rings (SSSR count). The number of nitro benzene ring substituents is 2. The van der Waals surface area contributed by atoms with Crippen molar-refractivity contribution < 1.29 is 14.6 Å². The Morgan fingerprint density at radius 3 is 1.67 bits per heavy atom. The molecule has 2 aromatic carbocycles. The van der Waals surface area contributed by atoms with Crippen molar-refractivity contribution in [2.24, 2.45) is 0 Å². The van der Waals surface area contributed by atoms with E-state index in [2.05, 4.69) is 0 Å². The number of amides is 1. The van der Waals surface area contributed by atoms with Crippen molar-refractivity contribution >= 4 is 17.3 Å². The summed E-state index contributed by atoms with van der Waals surface area (Å²) in [5.41, 5.74) is 0.524. The molecule has 0 N–H and O–H groups in total. The Morgan fingerprint density at radius 1 is 0.917 bits per heavy atom. The normalized spacial score (nSPS) is 10.5. The Hall–Kier alpha value is -3.29. The third kappa shape index (κ3) is 3.54. The Balaban J connectivity index is 2.60. The highest BCUT2D eigenvalue weighted by molar-refractivity contribution is 5.87. The summed E-state index contributed by atoms with van der Waals surface area (Å²) < 4.78 is 0. The van der Waals surface area contributed by atoms with Crippen molar-refractivity contribution in [2.45, 2.75) is 5.92 Å². The fourth-order valence-corrected chi connectivity index (χ4v) is 2.37. The second kappa shape index (κ2) is 6.86. The standard InChI is InChI=1S/C16H15N3O5/c1-17(2)16(20)15(11-5-3-7-13(9-11)18(21)22)12-6-4-8-14(10-12)19(23)24/h3-10,15H,1-2H3. The number of nitro groups is 2. The lowest BCUT2D eigenvalue weighted by atomic mass is 9.89. The predicted molar refractivity (Wildman–Crippen MR) is 86.7 cm³/mol. The zero-order valence-electron chi connectivity index (χ0n) is 13.1. The molecule has 0 aliphatic rings. The molecule has 0 aromatic heterocycles. The molecule has 0 bridgehead atoms. The van der Waals surface area contributed by atoms with Gasteiger partial charge in [0.25, 0.3) is 11.4 Å². The van der Waals surface area contributed by atoms with Gasteiger partial charge in [-0.2, -0.15) is 0 Å². The lowest BCUT2D eigenvalue weighted by Gasteiger charge is -2.21. The van der Waals surface area contributed by atoms with Crippen LogP contribution in [0.1, 0.15) is 17.0 Å². The number of carbonyl (C=O) groups is 1. The molecule has 8 nitrogen and oxygen atoms in total. The van der Waals surface area contributed by atoms with Crippen LogP contribution < -0.4 is 0 Å². The first-order valence-corrected chi connectivity index (χ1v) is 7.01. The maximum Gasteiger partial charge on any atom is 0.269 e. The first-order chi connectivity index (χ1) is 11.3. The number of likely N-dealkylation sites (N-methyl/N-ethyl adjacent to an activating group) is 1. The fourth-order valence-electron chi connectivity index (χ4n) is 2.37. The molecule has 2 aromatic rings. The predicted octanol–water partition coefficient (Wildman–Crippen LogP) is 2.72. The third-order valence-corrected chi connectivity index (χ3v) is 3.52. The van der Waals surface area contributed by atoms with Crippen LogP contribution in [0.15, 0.2) is 48.5 Å². The molecule has 0 saturated heterocycles. The van der Waals surface area contributed by atoms with Crippen molar-refractivity contribution in [3.8, 4) is 0 Å². The average molecular weight is 329 g/mol. The van der Waals surface area contributed by atoms with Crippen molar-refractivity contribution in [3.63, 3.8) is 0 Å². The third-order valence-electron chi connectivity index (χ3n) is 3.52. The lowest BCUT2D eigenvalue weighted by molar-refractivity contribution is -0.385. The molecule has 0 aliphatic heterocycles. The van der Waals surface area contributed by atoms with Crippen LogP contribution in [-0.4, -0.2) is 34.7 Å². The quantitative estimate of drug-likeness (QED) is 0.619. The first-order valence-electron chi connectivity index (χ1n) is 7.01. The van der Waals surface area contributed by atoms with Gasteiger partial charge in [-0.15, -0.1) is 0 Å². The van der Waals surface area contributed by atoms with Crippen molar-refractivity contribution in [1.82, 2.24) is 4.90 Å². The number of non-ortho nitro benzene ring substituents is 2. The zero-order chi connectivity index (χ0) is 17.9. The summed E-state index contributed by atoms with van der Waals surface area (Å²) in [6.07, 6.45) is 0. The van der Waals surface area contributed by atoms with Gasteiger partial charge in [0, 0.05) is 38.4 Å². The number of nitrogens with zero attached hydrogens (tertiary/aromatic N) is 3. The summed E-state index contributed by atoms with van der Waals surface area (Å²) in [4.78, 5) is 34.8. The molecular formula is C16H15N3O5. The number of rotatable bonds is 5. The van der Waals surface area contributed by atoms with E-state index in [9.17, 15) is 25.0 Å². The van der Waals surface area contributed by atoms with E-state index in [0.717, 1.165) is 0 Å². The molecule has 0 heterocycles. The van der Waals surface area contributed by atoms with Crippen LogP contribution in [0, 0.1) is 20.2 Å². The van der Waals surface area contributed by atoms with Crippen LogP contribution in [0.2, 0.25) is 0 Å². The van der Waals surface area contributed by atoms with E-state index in [1.807, 2.05) is 0 Å². The van der Waals surface area contributed by atoms with E-state index in [-0.39, 0.29) is 17.3 Å². The largest absolute Gasteiger partial charge is 0.348 e. The van der Waals surface area contributed by atoms with Gasteiger partial charge in [-0.3, -0.25) is 25.0 Å². The van der Waals surface area contributed by atoms with E-state index >= 15 is 0 Å². The van der Waals surface area contributed by atoms with Gasteiger partial charge >= 0.3 is 0 Å². The molecule has 24 heavy (non-hydrogen) atoms. The summed E-state index contributed by atoms with van der Waals surface area (Å²) in [5, 5.41) is 22.0. The van der Waals surface area contributed by atoms with Gasteiger partial charge in [0.2, 0.25) is 5.91 Å². The lowest BCUT2D eigenvalue weighted by Crippen LogP contribution is -2.29. The second-order valence-corrected chi connectivity index (χ2v) is 5.37. The molecule has 0 fully saturated rings. The highest BCUT2D eigenvalue weighted by atomic mass is 16.6. The maximum atomic E-state index is 12.6. The van der Waals surface area contributed by atoms with E-state index in [1.54, 1.807) is 26.2 Å². The van der Waals surface area contributed by atoms with Gasteiger partial charge in [0.15, 0.2) is 0 Å². The summed E-state index contributed by atoms with van der Waals surface area (Å²) in [6, 6.07) is 11.4. The highest BCUT2D eigenvalue weighted by Crippen LogP contribution is 2.30. The monoisotopic (exact) mass is 329 g/mol. The summed E-state index contributed by atoms with van der Waals surface area (Å²) in [7, 11) is 3.12. The van der Waals surface area contributed by atoms with Crippen LogP contribution in [0.4, 0.5) is 11.4 Å². The molecule has 0 spiro atoms. The first kappa shape index (κ1) is 17.1. The number of hydrogen-bond donors (Lipinski definition) is 0. The Labute approximate surface area is 137 Å². The fraction of sp³-hybridized carbons (Fsp3) is 0.188. The molecule has 0 saturated carbocycles. The second-order valence-electron chi connectivity index (χ2n) is 5.37. The molecule has 0 atom stereocenters. The summed E-state index contributed by atoms with van der Waals surface area (Å²) in [5.74, 6) is -1.18. The minimum atomic E-state index is -0.861. The minimum Gasteiger partial charge on any atom is -0.348 e. The maximum absolute atomic E-state index is 12.6. The van der Waals surface area contributed by atoms with Crippen LogP contribution in [0.3, 0.4) is 0 Å². The molecule has 1 amide bonds. The minimum absolute atomic E-state index is 0.144. The molecule has 124 valence electrons. The number of benzene rings is 2. The van der Waals surface area contributed by atoms with Gasteiger partial charge in [-0.05, 0) is 11.1 Å². The van der Waals surface area contributed by atoms with E-state index in [4.69, 9.17) is 0 Å². The average Bonchev–Trinajstić information content (AvgIpc) is 2.55. The Bertz CT molecular complexity index is 746.